The standard InChI is InChI=1S/C19H32N2O6S/c1-12(2)15-9-8-10-16(13(3)4)17(15)20-18(22)19(23)28(24,25)21(14(5)6)27-11-26-7/h8-10,12-14,19,23H,11H2,1-7H3,(H,20,22). The van der Waals surface area contributed by atoms with E-state index < -0.39 is 27.4 Å². The third-order valence-electron chi connectivity index (χ3n) is 4.10. The van der Waals surface area contributed by atoms with E-state index in [-0.39, 0.29) is 18.6 Å². The van der Waals surface area contributed by atoms with Crippen LogP contribution in [0, 0.1) is 0 Å². The van der Waals surface area contributed by atoms with Crippen LogP contribution in [0.15, 0.2) is 18.2 Å². The first-order valence-electron chi connectivity index (χ1n) is 9.21. The van der Waals surface area contributed by atoms with Gasteiger partial charge >= 0.3 is 0 Å². The molecule has 28 heavy (non-hydrogen) atoms. The summed E-state index contributed by atoms with van der Waals surface area (Å²) in [5.41, 5.74) is -0.0753. The number of nitrogens with one attached hydrogen (secondary N) is 1. The van der Waals surface area contributed by atoms with E-state index in [0.717, 1.165) is 11.1 Å². The van der Waals surface area contributed by atoms with Crippen LogP contribution in [0.1, 0.15) is 64.5 Å². The average Bonchev–Trinajstić information content (AvgIpc) is 2.60. The molecule has 1 aromatic carbocycles. The molecule has 0 fully saturated rings. The Kier molecular flexibility index (Phi) is 9.03. The molecule has 8 nitrogen and oxygen atoms in total. The molecule has 0 heterocycles. The second kappa shape index (κ2) is 10.3. The van der Waals surface area contributed by atoms with Crippen LogP contribution in [0.2, 0.25) is 0 Å². The fourth-order valence-electron chi connectivity index (χ4n) is 2.74. The Hall–Kier alpha value is -1.52. The number of amides is 1. The summed E-state index contributed by atoms with van der Waals surface area (Å²) in [5, 5.41) is 12.9. The number of benzene rings is 1. The van der Waals surface area contributed by atoms with Gasteiger partial charge in [-0.15, -0.1) is 0 Å². The number of sulfonamides is 1. The van der Waals surface area contributed by atoms with Crippen LogP contribution in [0.3, 0.4) is 0 Å². The summed E-state index contributed by atoms with van der Waals surface area (Å²) < 4.78 is 30.7. The predicted octanol–water partition coefficient (Wildman–Crippen LogP) is 2.77. The topological polar surface area (TPSA) is 105 Å². The molecule has 1 aromatic rings. The molecule has 0 bridgehead atoms. The SMILES string of the molecule is COCON(C(C)C)S(=O)(=O)C(O)C(=O)Nc1c(C(C)C)cccc1C(C)C. The molecule has 0 aliphatic rings. The number of ether oxygens (including phenoxy) is 1. The van der Waals surface area contributed by atoms with Crippen molar-refractivity contribution in [3.05, 3.63) is 29.3 Å². The van der Waals surface area contributed by atoms with Gasteiger partial charge in [-0.3, -0.25) is 9.63 Å². The van der Waals surface area contributed by atoms with Crippen molar-refractivity contribution in [1.82, 2.24) is 4.47 Å². The van der Waals surface area contributed by atoms with Crippen molar-refractivity contribution >= 4 is 21.6 Å². The van der Waals surface area contributed by atoms with Gasteiger partial charge in [0.2, 0.25) is 0 Å². The van der Waals surface area contributed by atoms with E-state index in [9.17, 15) is 18.3 Å². The predicted molar refractivity (Wildman–Crippen MR) is 108 cm³/mol. The fraction of sp³-hybridized carbons (Fsp3) is 0.632. The Morgan fingerprint density at radius 1 is 1.11 bits per heavy atom. The second-order valence-corrected chi connectivity index (χ2v) is 9.23. The van der Waals surface area contributed by atoms with Crippen molar-refractivity contribution in [1.29, 1.82) is 0 Å². The number of hydrogen-bond donors (Lipinski definition) is 2. The molecule has 9 heteroatoms. The number of carbonyl (C=O) groups excluding carboxylic acids is 1. The number of methoxy groups -OCH3 is 1. The average molecular weight is 417 g/mol. The van der Waals surface area contributed by atoms with Crippen molar-refractivity contribution in [2.24, 2.45) is 0 Å². The molecule has 1 amide bonds. The number of hydrogen-bond acceptors (Lipinski definition) is 6. The third-order valence-corrected chi connectivity index (χ3v) is 5.90. The van der Waals surface area contributed by atoms with Crippen molar-refractivity contribution in [2.45, 2.75) is 64.9 Å². The smallest absolute Gasteiger partial charge is 0.272 e. The number of carbonyl (C=O) groups is 1. The Labute approximate surface area is 167 Å². The zero-order chi connectivity index (χ0) is 21.6. The molecule has 1 unspecified atom stereocenters. The third kappa shape index (κ3) is 5.74. The van der Waals surface area contributed by atoms with Crippen LogP contribution in [0.4, 0.5) is 5.69 Å². The minimum atomic E-state index is -4.48. The number of para-hydroxylation sites is 1. The molecule has 0 aliphatic heterocycles. The highest BCUT2D eigenvalue weighted by Crippen LogP contribution is 2.32. The summed E-state index contributed by atoms with van der Waals surface area (Å²) in [6.07, 6.45) is 0. The normalized spacial score (nSPS) is 13.6. The molecule has 0 saturated heterocycles. The number of anilines is 1. The molecule has 160 valence electrons. The van der Waals surface area contributed by atoms with E-state index in [1.807, 2.05) is 45.9 Å². The minimum absolute atomic E-state index is 0.0972. The van der Waals surface area contributed by atoms with Crippen LogP contribution >= 0.6 is 0 Å². The first-order valence-corrected chi connectivity index (χ1v) is 10.7. The number of aliphatic hydroxyl groups excluding tert-OH is 1. The summed E-state index contributed by atoms with van der Waals surface area (Å²) >= 11 is 0. The zero-order valence-corrected chi connectivity index (χ0v) is 18.4. The van der Waals surface area contributed by atoms with Crippen LogP contribution in [0.25, 0.3) is 0 Å². The first kappa shape index (κ1) is 24.5. The zero-order valence-electron chi connectivity index (χ0n) is 17.6. The van der Waals surface area contributed by atoms with E-state index in [1.165, 1.54) is 7.11 Å². The van der Waals surface area contributed by atoms with Gasteiger partial charge in [-0.25, -0.2) is 8.42 Å². The van der Waals surface area contributed by atoms with Gasteiger partial charge < -0.3 is 15.2 Å². The molecule has 1 rings (SSSR count). The Bertz CT molecular complexity index is 735. The maximum atomic E-state index is 12.7. The molecule has 0 aliphatic carbocycles. The van der Waals surface area contributed by atoms with Crippen LogP contribution in [-0.4, -0.2) is 49.3 Å². The molecule has 0 spiro atoms. The highest BCUT2D eigenvalue weighted by molar-refractivity contribution is 7.90. The summed E-state index contributed by atoms with van der Waals surface area (Å²) in [7, 11) is -3.15. The number of aliphatic hydroxyl groups is 1. The molecular weight excluding hydrogens is 384 g/mol. The quantitative estimate of drug-likeness (QED) is 0.449. The molecule has 0 saturated carbocycles. The lowest BCUT2D eigenvalue weighted by atomic mass is 9.92. The van der Waals surface area contributed by atoms with E-state index in [1.54, 1.807) is 13.8 Å². The number of nitrogens with zero attached hydrogens (tertiary/aromatic N) is 1. The van der Waals surface area contributed by atoms with E-state index in [0.29, 0.717) is 10.2 Å². The Morgan fingerprint density at radius 3 is 2.00 bits per heavy atom. The molecule has 0 radical (unpaired) electrons. The number of rotatable bonds is 10. The van der Waals surface area contributed by atoms with Gasteiger partial charge in [0.15, 0.2) is 6.79 Å². The lowest BCUT2D eigenvalue weighted by Gasteiger charge is -2.27. The van der Waals surface area contributed by atoms with Gasteiger partial charge in [-0.05, 0) is 36.8 Å². The van der Waals surface area contributed by atoms with E-state index >= 15 is 0 Å². The number of hydroxylamine groups is 1. The minimum Gasteiger partial charge on any atom is -0.368 e. The summed E-state index contributed by atoms with van der Waals surface area (Å²) in [5.74, 6) is -0.846. The summed E-state index contributed by atoms with van der Waals surface area (Å²) in [6.45, 7) is 10.7. The second-order valence-electron chi connectivity index (χ2n) is 7.39. The van der Waals surface area contributed by atoms with E-state index in [4.69, 9.17) is 9.57 Å². The van der Waals surface area contributed by atoms with Crippen LogP contribution in [0.5, 0.6) is 0 Å². The largest absolute Gasteiger partial charge is 0.368 e. The lowest BCUT2D eigenvalue weighted by molar-refractivity contribution is -0.178. The fourth-order valence-corrected chi connectivity index (χ4v) is 4.04. The molecule has 2 N–H and O–H groups in total. The highest BCUT2D eigenvalue weighted by Gasteiger charge is 2.39. The van der Waals surface area contributed by atoms with Gasteiger partial charge in [0.05, 0.1) is 0 Å². The molecule has 0 aromatic heterocycles. The van der Waals surface area contributed by atoms with Crippen molar-refractivity contribution in [2.75, 3.05) is 19.2 Å². The summed E-state index contributed by atoms with van der Waals surface area (Å²) in [6, 6.07) is 4.99. The van der Waals surface area contributed by atoms with Crippen LogP contribution in [-0.2, 0) is 24.4 Å². The molecular formula is C19H32N2O6S. The molecule has 1 atom stereocenters. The van der Waals surface area contributed by atoms with Crippen molar-refractivity contribution < 1.29 is 27.9 Å². The lowest BCUT2D eigenvalue weighted by Crippen LogP contribution is -2.47. The van der Waals surface area contributed by atoms with Crippen LogP contribution < -0.4 is 5.32 Å². The van der Waals surface area contributed by atoms with Crippen molar-refractivity contribution in [3.63, 3.8) is 0 Å². The Morgan fingerprint density at radius 2 is 1.61 bits per heavy atom. The monoisotopic (exact) mass is 416 g/mol. The van der Waals surface area contributed by atoms with Gasteiger partial charge in [0.25, 0.3) is 21.4 Å². The highest BCUT2D eigenvalue weighted by atomic mass is 32.2. The van der Waals surface area contributed by atoms with E-state index in [2.05, 4.69) is 5.32 Å². The van der Waals surface area contributed by atoms with Gasteiger partial charge in [-0.1, -0.05) is 50.4 Å². The van der Waals surface area contributed by atoms with Crippen molar-refractivity contribution in [3.8, 4) is 0 Å². The maximum absolute atomic E-state index is 12.7. The maximum Gasteiger partial charge on any atom is 0.272 e. The van der Waals surface area contributed by atoms with Gasteiger partial charge in [0, 0.05) is 18.8 Å². The summed E-state index contributed by atoms with van der Waals surface area (Å²) in [4.78, 5) is 17.7. The van der Waals surface area contributed by atoms with Gasteiger partial charge in [-0.2, -0.15) is 0 Å². The Balaban J connectivity index is 3.23. The van der Waals surface area contributed by atoms with Gasteiger partial charge in [0.1, 0.15) is 0 Å². The first-order chi connectivity index (χ1) is 12.9.